The van der Waals surface area contributed by atoms with Crippen LogP contribution in [0.25, 0.3) is 22.1 Å². The van der Waals surface area contributed by atoms with Crippen LogP contribution in [0, 0.1) is 40.1 Å². The Kier molecular flexibility index (Phi) is 12.9. The van der Waals surface area contributed by atoms with E-state index in [0.717, 1.165) is 30.3 Å². The Hall–Kier alpha value is -9.30. The number of carbonyl (C=O) groups excluding carboxylic acids is 2. The highest BCUT2D eigenvalue weighted by atomic mass is 19.4. The first-order valence-electron chi connectivity index (χ1n) is 18.6. The molecule has 0 bridgehead atoms. The van der Waals surface area contributed by atoms with Gasteiger partial charge in [0, 0.05) is 47.0 Å². The molecule has 8 aromatic rings. The smallest absolute Gasteiger partial charge is 0.416 e. The van der Waals surface area contributed by atoms with Gasteiger partial charge in [-0.05, 0) is 84.9 Å². The quantitative estimate of drug-likeness (QED) is 0.106. The zero-order valence-electron chi connectivity index (χ0n) is 32.8. The number of ether oxygens (including phenoxy) is 2. The van der Waals surface area contributed by atoms with Gasteiger partial charge < -0.3 is 30.7 Å². The maximum absolute atomic E-state index is 14.3. The molecule has 8 rings (SSSR count). The number of anilines is 4. The van der Waals surface area contributed by atoms with Gasteiger partial charge >= 0.3 is 18.2 Å². The summed E-state index contributed by atoms with van der Waals surface area (Å²) in [6, 6.07) is 28.5. The van der Waals surface area contributed by atoms with Crippen molar-refractivity contribution in [3.63, 3.8) is 0 Å². The van der Waals surface area contributed by atoms with Crippen LogP contribution in [0.1, 0.15) is 17.0 Å². The lowest BCUT2D eigenvalue weighted by Crippen LogP contribution is -2.19. The van der Waals surface area contributed by atoms with Crippen molar-refractivity contribution in [3.8, 4) is 35.1 Å². The number of hydrogen-bond donors (Lipinski definition) is 4. The van der Waals surface area contributed by atoms with Crippen LogP contribution in [-0.2, 0) is 6.18 Å². The van der Waals surface area contributed by atoms with E-state index >= 15 is 0 Å². The number of aromatic nitrogens is 4. The average Bonchev–Trinajstić information content (AvgIpc) is 3.28. The van der Waals surface area contributed by atoms with Gasteiger partial charge in [0.1, 0.15) is 29.5 Å². The van der Waals surface area contributed by atoms with Gasteiger partial charge in [-0.25, -0.2) is 32.7 Å². The lowest BCUT2D eigenvalue weighted by molar-refractivity contribution is -0.137. The average molecular weight is 885 g/mol. The van der Waals surface area contributed by atoms with Crippen LogP contribution >= 0.6 is 0 Å². The molecule has 4 amide bonds. The van der Waals surface area contributed by atoms with E-state index in [4.69, 9.17) is 20.0 Å². The number of nitrogens with zero attached hydrogens (tertiary/aromatic N) is 6. The van der Waals surface area contributed by atoms with E-state index in [2.05, 4.69) is 41.2 Å². The van der Waals surface area contributed by atoms with Gasteiger partial charge in [-0.3, -0.25) is 9.97 Å². The number of amides is 4. The van der Waals surface area contributed by atoms with E-state index in [-0.39, 0.29) is 57.1 Å². The third kappa shape index (κ3) is 11.5. The number of fused-ring (bicyclic) bond motifs is 2. The lowest BCUT2D eigenvalue weighted by Gasteiger charge is -2.12. The normalized spacial score (nSPS) is 10.7. The molecule has 0 unspecified atom stereocenters. The Morgan fingerprint density at radius 3 is 1.42 bits per heavy atom. The second-order valence-corrected chi connectivity index (χ2v) is 13.3. The molecule has 65 heavy (non-hydrogen) atoms. The zero-order valence-corrected chi connectivity index (χ0v) is 32.8. The predicted molar refractivity (Wildman–Crippen MR) is 225 cm³/mol. The van der Waals surface area contributed by atoms with E-state index in [0.29, 0.717) is 22.1 Å². The Labute approximate surface area is 362 Å². The predicted octanol–water partition coefficient (Wildman–Crippen LogP) is 11.3. The molecule has 0 radical (unpaired) electrons. The molecular weight excluding hydrogens is 859 g/mol. The van der Waals surface area contributed by atoms with Gasteiger partial charge in [0.05, 0.1) is 40.0 Å². The van der Waals surface area contributed by atoms with E-state index in [1.807, 2.05) is 12.1 Å². The highest BCUT2D eigenvalue weighted by Gasteiger charge is 2.30. The summed E-state index contributed by atoms with van der Waals surface area (Å²) in [7, 11) is 0. The van der Waals surface area contributed by atoms with E-state index in [9.17, 15) is 35.9 Å². The van der Waals surface area contributed by atoms with Gasteiger partial charge in [-0.15, -0.1) is 0 Å². The van der Waals surface area contributed by atoms with Crippen molar-refractivity contribution in [2.45, 2.75) is 6.18 Å². The Morgan fingerprint density at radius 2 is 0.969 bits per heavy atom. The van der Waals surface area contributed by atoms with Crippen LogP contribution < -0.4 is 30.7 Å². The Bertz CT molecular complexity index is 3200. The molecule has 14 nitrogen and oxygen atoms in total. The highest BCUT2D eigenvalue weighted by molar-refractivity contribution is 6.00. The van der Waals surface area contributed by atoms with Crippen LogP contribution in [0.15, 0.2) is 134 Å². The fourth-order valence-corrected chi connectivity index (χ4v) is 5.72. The molecule has 0 fully saturated rings. The summed E-state index contributed by atoms with van der Waals surface area (Å²) in [5, 5.41) is 27.6. The van der Waals surface area contributed by atoms with Crippen molar-refractivity contribution < 1.29 is 45.4 Å². The molecule has 2 aromatic heterocycles. The van der Waals surface area contributed by atoms with Crippen molar-refractivity contribution in [2.24, 2.45) is 0 Å². The van der Waals surface area contributed by atoms with E-state index in [1.165, 1.54) is 85.2 Å². The van der Waals surface area contributed by atoms with Crippen molar-refractivity contribution in [3.05, 3.63) is 168 Å². The number of halogens is 6. The minimum Gasteiger partial charge on any atom is -0.454 e. The first-order chi connectivity index (χ1) is 31.2. The first-order valence-corrected chi connectivity index (χ1v) is 18.6. The van der Waals surface area contributed by atoms with Crippen LogP contribution in [0.2, 0.25) is 0 Å². The fraction of sp³-hybridized carbons (Fsp3) is 0.0222. The number of alkyl halides is 3. The number of nitrogens with one attached hydrogen (secondary N) is 4. The number of hydrogen-bond acceptors (Lipinski definition) is 10. The molecule has 0 aliphatic rings. The van der Waals surface area contributed by atoms with Crippen LogP contribution in [-0.4, -0.2) is 32.0 Å². The Morgan fingerprint density at radius 1 is 0.523 bits per heavy atom. The molecule has 0 saturated heterocycles. The summed E-state index contributed by atoms with van der Waals surface area (Å²) in [6.45, 7) is 0. The highest BCUT2D eigenvalue weighted by Crippen LogP contribution is 2.33. The zero-order chi connectivity index (χ0) is 46.1. The number of rotatable bonds is 8. The molecule has 2 heterocycles. The van der Waals surface area contributed by atoms with Gasteiger partial charge in [0.15, 0.2) is 34.5 Å². The number of benzene rings is 6. The first kappa shape index (κ1) is 43.8. The van der Waals surface area contributed by atoms with Crippen molar-refractivity contribution in [2.75, 3.05) is 21.3 Å². The minimum absolute atomic E-state index is 0.0695. The maximum Gasteiger partial charge on any atom is 0.416 e. The molecular formula is C45H26F6N10O4. The SMILES string of the molecule is N#Cc1cnc2ccc(Oc3cc(NC(=O)Nc4cccc(C(F)(F)F)c4)ccc3F)cc2n1.N#Cc1cnc2ccc(Oc3cc(NC(=O)Nc4cccc(F)c4)ccc3F)cc2n1. The number of nitriles is 2. The second-order valence-electron chi connectivity index (χ2n) is 13.3. The monoisotopic (exact) mass is 884 g/mol. The summed E-state index contributed by atoms with van der Waals surface area (Å²) < 4.78 is 91.5. The maximum atomic E-state index is 14.3. The molecule has 20 heteroatoms. The van der Waals surface area contributed by atoms with Crippen LogP contribution in [0.4, 0.5) is 58.7 Å². The summed E-state index contributed by atoms with van der Waals surface area (Å²) in [6.07, 6.45) is -1.88. The largest absolute Gasteiger partial charge is 0.454 e. The van der Waals surface area contributed by atoms with Crippen molar-refractivity contribution in [1.82, 2.24) is 19.9 Å². The summed E-state index contributed by atoms with van der Waals surface area (Å²) in [4.78, 5) is 40.8. The molecule has 0 atom stereocenters. The van der Waals surface area contributed by atoms with E-state index in [1.54, 1.807) is 18.2 Å². The third-order valence-corrected chi connectivity index (χ3v) is 8.62. The molecule has 6 aromatic carbocycles. The van der Waals surface area contributed by atoms with E-state index < -0.39 is 41.3 Å². The van der Waals surface area contributed by atoms with Gasteiger partial charge in [-0.1, -0.05) is 12.1 Å². The molecule has 0 saturated carbocycles. The van der Waals surface area contributed by atoms with Crippen molar-refractivity contribution in [1.29, 1.82) is 10.5 Å². The molecule has 0 aliphatic carbocycles. The van der Waals surface area contributed by atoms with Gasteiger partial charge in [0.25, 0.3) is 0 Å². The minimum atomic E-state index is -4.55. The van der Waals surface area contributed by atoms with Gasteiger partial charge in [-0.2, -0.15) is 23.7 Å². The summed E-state index contributed by atoms with van der Waals surface area (Å²) >= 11 is 0. The van der Waals surface area contributed by atoms with Crippen LogP contribution in [0.5, 0.6) is 23.0 Å². The Balaban J connectivity index is 0.000000195. The third-order valence-electron chi connectivity index (χ3n) is 8.62. The molecule has 4 N–H and O–H groups in total. The van der Waals surface area contributed by atoms with Gasteiger partial charge in [0.2, 0.25) is 0 Å². The lowest BCUT2D eigenvalue weighted by atomic mass is 10.2. The molecule has 0 spiro atoms. The second kappa shape index (κ2) is 19.2. The summed E-state index contributed by atoms with van der Waals surface area (Å²) in [5.41, 5.74) is 1.78. The number of urea groups is 2. The van der Waals surface area contributed by atoms with Crippen molar-refractivity contribution >= 4 is 56.9 Å². The fourth-order valence-electron chi connectivity index (χ4n) is 5.72. The molecule has 322 valence electrons. The topological polar surface area (TPSA) is 200 Å². The standard InChI is InChI=1S/C23H13F4N5O2.C22H13F2N5O2/c24-18-6-4-15(32-22(33)31-14-3-1-2-13(8-14)23(25,26)27)9-21(18)34-17-5-7-19-20(10-17)30-16(11-28)12-29-19;23-13-2-1-3-14(8-13)28-22(30)29-15-4-6-18(24)21(9-15)31-17-5-7-19-20(10-17)27-16(11-25)12-26-19/h1-10,12H,(H2,31,32,33);1-10,12H,(H2,28,29,30). The summed E-state index contributed by atoms with van der Waals surface area (Å²) in [5.74, 6) is -1.72. The molecule has 0 aliphatic heterocycles. The number of carbonyl (C=O) groups is 2. The van der Waals surface area contributed by atoms with Crippen LogP contribution in [0.3, 0.4) is 0 Å².